The molecule has 190 valence electrons. The summed E-state index contributed by atoms with van der Waals surface area (Å²) in [7, 11) is 0. The molecule has 1 aromatic heterocycles. The Balaban J connectivity index is 1.13. The van der Waals surface area contributed by atoms with E-state index in [1.165, 1.54) is 11.1 Å². The Morgan fingerprint density at radius 1 is 0.892 bits per heavy atom. The lowest BCUT2D eigenvalue weighted by Gasteiger charge is -2.32. The van der Waals surface area contributed by atoms with Crippen molar-refractivity contribution in [1.82, 2.24) is 19.8 Å². The minimum absolute atomic E-state index is 0.0454. The number of piperidine rings is 1. The number of hydrogen-bond donors (Lipinski definition) is 1. The van der Waals surface area contributed by atoms with Crippen molar-refractivity contribution in [3.8, 4) is 0 Å². The van der Waals surface area contributed by atoms with Gasteiger partial charge in [-0.2, -0.15) is 0 Å². The van der Waals surface area contributed by atoms with Gasteiger partial charge in [0.05, 0.1) is 17.6 Å². The Morgan fingerprint density at radius 2 is 1.54 bits per heavy atom. The molecule has 0 unspecified atom stereocenters. The summed E-state index contributed by atoms with van der Waals surface area (Å²) < 4.78 is 1.75. The van der Waals surface area contributed by atoms with Gasteiger partial charge in [-0.3, -0.25) is 14.5 Å². The number of benzene rings is 3. The van der Waals surface area contributed by atoms with Crippen LogP contribution in [0.1, 0.15) is 45.6 Å². The van der Waals surface area contributed by atoms with Crippen molar-refractivity contribution in [3.05, 3.63) is 111 Å². The molecule has 1 saturated heterocycles. The average molecular weight is 495 g/mol. The van der Waals surface area contributed by atoms with Crippen LogP contribution in [0.2, 0.25) is 0 Å². The second-order valence-corrected chi connectivity index (χ2v) is 10.2. The van der Waals surface area contributed by atoms with Crippen molar-refractivity contribution in [2.45, 2.75) is 39.8 Å². The van der Waals surface area contributed by atoms with E-state index in [1.807, 2.05) is 48.5 Å². The second kappa shape index (κ2) is 11.1. The third kappa shape index (κ3) is 5.97. The summed E-state index contributed by atoms with van der Waals surface area (Å²) >= 11 is 0. The molecule has 1 aliphatic rings. The number of para-hydroxylation sites is 2. The van der Waals surface area contributed by atoms with Gasteiger partial charge in [0.15, 0.2) is 0 Å². The molecule has 1 fully saturated rings. The highest BCUT2D eigenvalue weighted by atomic mass is 16.1. The lowest BCUT2D eigenvalue weighted by Crippen LogP contribution is -2.38. The number of carbonyl (C=O) groups is 1. The van der Waals surface area contributed by atoms with Crippen LogP contribution in [0.5, 0.6) is 0 Å². The Bertz CT molecular complexity index is 1430. The first-order chi connectivity index (χ1) is 18.0. The third-order valence-electron chi connectivity index (χ3n) is 7.36. The highest BCUT2D eigenvalue weighted by Gasteiger charge is 2.20. The summed E-state index contributed by atoms with van der Waals surface area (Å²) in [6.45, 7) is 8.12. The molecule has 1 aliphatic heterocycles. The summed E-state index contributed by atoms with van der Waals surface area (Å²) in [5.41, 5.74) is 6.26. The lowest BCUT2D eigenvalue weighted by molar-refractivity contribution is 0.0935. The van der Waals surface area contributed by atoms with Gasteiger partial charge in [-0.05, 0) is 81.1 Å². The molecule has 0 spiro atoms. The fraction of sp³-hybridized carbons (Fsp3) is 0.323. The smallest absolute Gasteiger partial charge is 0.272 e. The van der Waals surface area contributed by atoms with Crippen molar-refractivity contribution in [2.75, 3.05) is 19.6 Å². The van der Waals surface area contributed by atoms with E-state index in [0.29, 0.717) is 30.3 Å². The van der Waals surface area contributed by atoms with Crippen LogP contribution < -0.4 is 10.9 Å². The van der Waals surface area contributed by atoms with E-state index in [2.05, 4.69) is 46.4 Å². The zero-order valence-corrected chi connectivity index (χ0v) is 21.6. The molecule has 6 heteroatoms. The monoisotopic (exact) mass is 494 g/mol. The summed E-state index contributed by atoms with van der Waals surface area (Å²) in [5, 5.41) is 3.13. The summed E-state index contributed by atoms with van der Waals surface area (Å²) in [5.74, 6) is 0.462. The lowest BCUT2D eigenvalue weighted by atomic mass is 9.96. The molecule has 0 atom stereocenters. The molecule has 3 aromatic carbocycles. The van der Waals surface area contributed by atoms with Gasteiger partial charge in [0.1, 0.15) is 5.69 Å². The van der Waals surface area contributed by atoms with E-state index in [1.54, 1.807) is 11.5 Å². The van der Waals surface area contributed by atoms with Gasteiger partial charge in [-0.25, -0.2) is 4.98 Å². The predicted octanol–water partition coefficient (Wildman–Crippen LogP) is 4.70. The van der Waals surface area contributed by atoms with Crippen molar-refractivity contribution >= 4 is 16.9 Å². The van der Waals surface area contributed by atoms with Crippen LogP contribution >= 0.6 is 0 Å². The fourth-order valence-electron chi connectivity index (χ4n) is 5.06. The molecule has 37 heavy (non-hydrogen) atoms. The van der Waals surface area contributed by atoms with Gasteiger partial charge < -0.3 is 9.88 Å². The summed E-state index contributed by atoms with van der Waals surface area (Å²) in [4.78, 5) is 32.4. The standard InChI is InChI=1S/C31H34N4O2/c1-22-7-9-25(10-8-22)20-34-17-15-24(16-18-34)19-32-30(36)27-13-11-26(12-14-27)21-35-29-6-4-3-5-28(29)33-23(2)31(35)37/h3-14,24H,15-21H2,1-2H3,(H,32,36). The molecule has 0 aliphatic carbocycles. The molecule has 5 rings (SSSR count). The summed E-state index contributed by atoms with van der Waals surface area (Å²) in [6.07, 6.45) is 2.19. The minimum atomic E-state index is -0.0922. The number of likely N-dealkylation sites (tertiary alicyclic amines) is 1. The van der Waals surface area contributed by atoms with Gasteiger partial charge in [0, 0.05) is 18.7 Å². The zero-order chi connectivity index (χ0) is 25.8. The SMILES string of the molecule is Cc1ccc(CN2CCC(CNC(=O)c3ccc(Cn4c(=O)c(C)nc5ccccc54)cc3)CC2)cc1. The second-order valence-electron chi connectivity index (χ2n) is 10.2. The molecular weight excluding hydrogens is 460 g/mol. The van der Waals surface area contributed by atoms with Gasteiger partial charge in [-0.1, -0.05) is 54.1 Å². The van der Waals surface area contributed by atoms with E-state index in [9.17, 15) is 9.59 Å². The van der Waals surface area contributed by atoms with Crippen molar-refractivity contribution in [3.63, 3.8) is 0 Å². The maximum atomic E-state index is 12.8. The van der Waals surface area contributed by atoms with E-state index in [4.69, 9.17) is 0 Å². The van der Waals surface area contributed by atoms with Crippen LogP contribution in [-0.2, 0) is 13.1 Å². The Morgan fingerprint density at radius 3 is 2.27 bits per heavy atom. The largest absolute Gasteiger partial charge is 0.352 e. The topological polar surface area (TPSA) is 67.2 Å². The predicted molar refractivity (Wildman–Crippen MR) is 148 cm³/mol. The number of carbonyl (C=O) groups excluding carboxylic acids is 1. The molecule has 0 bridgehead atoms. The molecule has 0 radical (unpaired) electrons. The number of fused-ring (bicyclic) bond motifs is 1. The van der Waals surface area contributed by atoms with Crippen molar-refractivity contribution in [2.24, 2.45) is 5.92 Å². The third-order valence-corrected chi connectivity index (χ3v) is 7.36. The highest BCUT2D eigenvalue weighted by Crippen LogP contribution is 2.19. The normalized spacial score (nSPS) is 14.6. The van der Waals surface area contributed by atoms with E-state index >= 15 is 0 Å². The number of nitrogens with zero attached hydrogens (tertiary/aromatic N) is 3. The average Bonchev–Trinajstić information content (AvgIpc) is 2.92. The Kier molecular flexibility index (Phi) is 7.47. The number of hydrogen-bond acceptors (Lipinski definition) is 4. The fourth-order valence-corrected chi connectivity index (χ4v) is 5.06. The van der Waals surface area contributed by atoms with Crippen molar-refractivity contribution in [1.29, 1.82) is 0 Å². The summed E-state index contributed by atoms with van der Waals surface area (Å²) in [6, 6.07) is 24.0. The van der Waals surface area contributed by atoms with Crippen molar-refractivity contribution < 1.29 is 4.79 Å². The molecule has 2 heterocycles. The first-order valence-corrected chi connectivity index (χ1v) is 13.1. The maximum absolute atomic E-state index is 12.8. The van der Waals surface area contributed by atoms with Gasteiger partial charge in [0.25, 0.3) is 11.5 Å². The van der Waals surface area contributed by atoms with E-state index in [0.717, 1.165) is 49.1 Å². The zero-order valence-electron chi connectivity index (χ0n) is 21.6. The number of amides is 1. The number of nitrogens with one attached hydrogen (secondary N) is 1. The molecular formula is C31H34N4O2. The Hall–Kier alpha value is -3.77. The van der Waals surface area contributed by atoms with Crippen LogP contribution in [0, 0.1) is 19.8 Å². The van der Waals surface area contributed by atoms with Crippen LogP contribution in [0.25, 0.3) is 11.0 Å². The van der Waals surface area contributed by atoms with Gasteiger partial charge >= 0.3 is 0 Å². The van der Waals surface area contributed by atoms with Crippen LogP contribution in [-0.4, -0.2) is 40.0 Å². The molecule has 1 amide bonds. The molecule has 6 nitrogen and oxygen atoms in total. The van der Waals surface area contributed by atoms with E-state index in [-0.39, 0.29) is 11.5 Å². The highest BCUT2D eigenvalue weighted by molar-refractivity contribution is 5.94. The number of aryl methyl sites for hydroxylation is 2. The van der Waals surface area contributed by atoms with Crippen LogP contribution in [0.3, 0.4) is 0 Å². The first kappa shape index (κ1) is 24.9. The Labute approximate surface area is 218 Å². The van der Waals surface area contributed by atoms with Crippen LogP contribution in [0.4, 0.5) is 0 Å². The van der Waals surface area contributed by atoms with Gasteiger partial charge in [-0.15, -0.1) is 0 Å². The van der Waals surface area contributed by atoms with Gasteiger partial charge in [0.2, 0.25) is 0 Å². The number of rotatable bonds is 7. The minimum Gasteiger partial charge on any atom is -0.352 e. The quantitative estimate of drug-likeness (QED) is 0.404. The van der Waals surface area contributed by atoms with Crippen LogP contribution in [0.15, 0.2) is 77.6 Å². The van der Waals surface area contributed by atoms with E-state index < -0.39 is 0 Å². The molecule has 4 aromatic rings. The molecule has 0 saturated carbocycles. The first-order valence-electron chi connectivity index (χ1n) is 13.1. The molecule has 1 N–H and O–H groups in total. The maximum Gasteiger partial charge on any atom is 0.272 e. The number of aromatic nitrogens is 2.